The van der Waals surface area contributed by atoms with Crippen LogP contribution >= 0.6 is 0 Å². The summed E-state index contributed by atoms with van der Waals surface area (Å²) < 4.78 is 5.12. The molecular formula is C21H27N3O2. The number of amides is 1. The summed E-state index contributed by atoms with van der Waals surface area (Å²) in [6, 6.07) is 14.5. The van der Waals surface area contributed by atoms with Crippen LogP contribution in [0.15, 0.2) is 48.7 Å². The fourth-order valence-electron chi connectivity index (χ4n) is 3.37. The molecule has 3 rings (SSSR count). The second-order valence-corrected chi connectivity index (χ2v) is 6.85. The minimum absolute atomic E-state index is 0.150. The molecule has 2 heterocycles. The van der Waals surface area contributed by atoms with Crippen molar-refractivity contribution in [2.45, 2.75) is 32.4 Å². The van der Waals surface area contributed by atoms with Crippen molar-refractivity contribution in [2.24, 2.45) is 0 Å². The van der Waals surface area contributed by atoms with Gasteiger partial charge in [0.25, 0.3) is 0 Å². The molecule has 0 spiro atoms. The topological polar surface area (TPSA) is 45.7 Å². The summed E-state index contributed by atoms with van der Waals surface area (Å²) in [5, 5.41) is 0. The molecule has 2 aromatic rings. The standard InChI is InChI=1S/C21H27N3O2/c1-17-10-11-23(16-18-6-4-3-5-7-18)12-13-24(17)21(25)14-19-8-9-20(26-2)15-22-19/h3-9,15,17H,10-14,16H2,1-2H3/t17-/m0/s1. The molecule has 1 aliphatic rings. The van der Waals surface area contributed by atoms with Crippen LogP contribution in [0.1, 0.15) is 24.6 Å². The van der Waals surface area contributed by atoms with E-state index in [0.717, 1.165) is 38.3 Å². The van der Waals surface area contributed by atoms with E-state index >= 15 is 0 Å². The van der Waals surface area contributed by atoms with Gasteiger partial charge in [-0.25, -0.2) is 0 Å². The van der Waals surface area contributed by atoms with Gasteiger partial charge in [0.05, 0.1) is 19.7 Å². The van der Waals surface area contributed by atoms with E-state index in [1.165, 1.54) is 5.56 Å². The third-order valence-electron chi connectivity index (χ3n) is 4.99. The Bertz CT molecular complexity index is 703. The number of carbonyl (C=O) groups is 1. The molecule has 0 bridgehead atoms. The van der Waals surface area contributed by atoms with Crippen LogP contribution in [0.3, 0.4) is 0 Å². The smallest absolute Gasteiger partial charge is 0.228 e. The van der Waals surface area contributed by atoms with Gasteiger partial charge in [0.2, 0.25) is 5.91 Å². The molecule has 0 unspecified atom stereocenters. The van der Waals surface area contributed by atoms with Crippen LogP contribution in [0, 0.1) is 0 Å². The van der Waals surface area contributed by atoms with Crippen LogP contribution in [0.2, 0.25) is 0 Å². The zero-order valence-corrected chi connectivity index (χ0v) is 15.6. The Morgan fingerprint density at radius 2 is 1.96 bits per heavy atom. The molecule has 1 amide bonds. The Morgan fingerprint density at radius 1 is 1.15 bits per heavy atom. The van der Waals surface area contributed by atoms with Crippen LogP contribution in [-0.4, -0.2) is 53.5 Å². The van der Waals surface area contributed by atoms with Gasteiger partial charge in [-0.15, -0.1) is 0 Å². The zero-order chi connectivity index (χ0) is 18.4. The number of hydrogen-bond donors (Lipinski definition) is 0. The highest BCUT2D eigenvalue weighted by Gasteiger charge is 2.25. The predicted molar refractivity (Wildman–Crippen MR) is 102 cm³/mol. The minimum atomic E-state index is 0.150. The molecule has 1 saturated heterocycles. The lowest BCUT2D eigenvalue weighted by Crippen LogP contribution is -2.40. The van der Waals surface area contributed by atoms with E-state index < -0.39 is 0 Å². The fraction of sp³-hybridized carbons (Fsp3) is 0.429. The first-order valence-electron chi connectivity index (χ1n) is 9.20. The third-order valence-corrected chi connectivity index (χ3v) is 4.99. The normalized spacial score (nSPS) is 18.4. The van der Waals surface area contributed by atoms with Crippen molar-refractivity contribution in [1.82, 2.24) is 14.8 Å². The summed E-state index contributed by atoms with van der Waals surface area (Å²) in [6.07, 6.45) is 3.00. The van der Waals surface area contributed by atoms with Crippen molar-refractivity contribution in [3.05, 3.63) is 59.9 Å². The lowest BCUT2D eigenvalue weighted by atomic mass is 10.1. The molecule has 5 nitrogen and oxygen atoms in total. The highest BCUT2D eigenvalue weighted by atomic mass is 16.5. The predicted octanol–water partition coefficient (Wildman–Crippen LogP) is 2.76. The molecule has 1 aromatic carbocycles. The summed E-state index contributed by atoms with van der Waals surface area (Å²) in [4.78, 5) is 21.6. The molecule has 1 aliphatic heterocycles. The number of rotatable bonds is 5. The highest BCUT2D eigenvalue weighted by Crippen LogP contribution is 2.16. The van der Waals surface area contributed by atoms with E-state index in [1.807, 2.05) is 23.1 Å². The quantitative estimate of drug-likeness (QED) is 0.829. The van der Waals surface area contributed by atoms with Gasteiger partial charge in [0.1, 0.15) is 5.75 Å². The molecule has 1 aromatic heterocycles. The third kappa shape index (κ3) is 4.82. The van der Waals surface area contributed by atoms with Crippen molar-refractivity contribution >= 4 is 5.91 Å². The van der Waals surface area contributed by atoms with E-state index in [1.54, 1.807) is 13.3 Å². The first-order chi connectivity index (χ1) is 12.7. The van der Waals surface area contributed by atoms with Crippen molar-refractivity contribution in [2.75, 3.05) is 26.7 Å². The Labute approximate surface area is 155 Å². The van der Waals surface area contributed by atoms with Gasteiger partial charge in [-0.05, 0) is 31.0 Å². The van der Waals surface area contributed by atoms with Gasteiger partial charge < -0.3 is 9.64 Å². The summed E-state index contributed by atoms with van der Waals surface area (Å²) >= 11 is 0. The molecule has 138 valence electrons. The Morgan fingerprint density at radius 3 is 2.65 bits per heavy atom. The van der Waals surface area contributed by atoms with Gasteiger partial charge >= 0.3 is 0 Å². The molecule has 26 heavy (non-hydrogen) atoms. The number of aromatic nitrogens is 1. The van der Waals surface area contributed by atoms with Crippen LogP contribution in [0.25, 0.3) is 0 Å². The summed E-state index contributed by atoms with van der Waals surface area (Å²) in [5.74, 6) is 0.859. The lowest BCUT2D eigenvalue weighted by Gasteiger charge is -2.27. The first kappa shape index (κ1) is 18.4. The van der Waals surface area contributed by atoms with E-state index in [-0.39, 0.29) is 11.9 Å². The number of benzene rings is 1. The molecule has 1 atom stereocenters. The van der Waals surface area contributed by atoms with Gasteiger partial charge in [-0.2, -0.15) is 0 Å². The SMILES string of the molecule is COc1ccc(CC(=O)N2CCN(Cc3ccccc3)CC[C@@H]2C)nc1. The number of ether oxygens (including phenoxy) is 1. The maximum Gasteiger partial charge on any atom is 0.228 e. The number of methoxy groups -OCH3 is 1. The van der Waals surface area contributed by atoms with Crippen molar-refractivity contribution in [3.63, 3.8) is 0 Å². The van der Waals surface area contributed by atoms with Gasteiger partial charge in [-0.3, -0.25) is 14.7 Å². The maximum atomic E-state index is 12.8. The molecular weight excluding hydrogens is 326 g/mol. The van der Waals surface area contributed by atoms with Crippen LogP contribution in [-0.2, 0) is 17.8 Å². The molecule has 0 saturated carbocycles. The lowest BCUT2D eigenvalue weighted by molar-refractivity contribution is -0.132. The molecule has 1 fully saturated rings. The number of carbonyl (C=O) groups excluding carboxylic acids is 1. The Balaban J connectivity index is 1.58. The van der Waals surface area contributed by atoms with Crippen LogP contribution in [0.5, 0.6) is 5.75 Å². The zero-order valence-electron chi connectivity index (χ0n) is 15.6. The summed E-state index contributed by atoms with van der Waals surface area (Å²) in [6.45, 7) is 5.77. The van der Waals surface area contributed by atoms with Crippen molar-refractivity contribution in [1.29, 1.82) is 0 Å². The van der Waals surface area contributed by atoms with E-state index in [0.29, 0.717) is 12.2 Å². The molecule has 0 radical (unpaired) electrons. The second-order valence-electron chi connectivity index (χ2n) is 6.85. The van der Waals surface area contributed by atoms with E-state index in [9.17, 15) is 4.79 Å². The average molecular weight is 353 g/mol. The monoisotopic (exact) mass is 353 g/mol. The van der Waals surface area contributed by atoms with Crippen molar-refractivity contribution in [3.8, 4) is 5.75 Å². The Kier molecular flexibility index (Phi) is 6.23. The number of hydrogen-bond acceptors (Lipinski definition) is 4. The van der Waals surface area contributed by atoms with E-state index in [4.69, 9.17) is 4.74 Å². The molecule has 0 aliphatic carbocycles. The van der Waals surface area contributed by atoms with Gasteiger partial charge in [0.15, 0.2) is 0 Å². The minimum Gasteiger partial charge on any atom is -0.495 e. The largest absolute Gasteiger partial charge is 0.495 e. The van der Waals surface area contributed by atoms with Crippen LogP contribution in [0.4, 0.5) is 0 Å². The molecule has 0 N–H and O–H groups in total. The average Bonchev–Trinajstić information content (AvgIpc) is 2.85. The maximum absolute atomic E-state index is 12.8. The second kappa shape index (κ2) is 8.81. The van der Waals surface area contributed by atoms with E-state index in [2.05, 4.69) is 41.1 Å². The number of nitrogens with zero attached hydrogens (tertiary/aromatic N) is 3. The van der Waals surface area contributed by atoms with Gasteiger partial charge in [-0.1, -0.05) is 30.3 Å². The fourth-order valence-corrected chi connectivity index (χ4v) is 3.37. The molecule has 5 heteroatoms. The summed E-state index contributed by atoms with van der Waals surface area (Å²) in [5.41, 5.74) is 2.11. The number of pyridine rings is 1. The summed E-state index contributed by atoms with van der Waals surface area (Å²) in [7, 11) is 1.61. The van der Waals surface area contributed by atoms with Crippen molar-refractivity contribution < 1.29 is 9.53 Å². The van der Waals surface area contributed by atoms with Gasteiger partial charge in [0, 0.05) is 37.9 Å². The Hall–Kier alpha value is -2.40. The highest BCUT2D eigenvalue weighted by molar-refractivity contribution is 5.78. The van der Waals surface area contributed by atoms with Crippen LogP contribution < -0.4 is 4.74 Å². The first-order valence-corrected chi connectivity index (χ1v) is 9.20.